The van der Waals surface area contributed by atoms with Gasteiger partial charge in [0, 0.05) is 51.0 Å². The molecule has 0 saturated heterocycles. The van der Waals surface area contributed by atoms with Gasteiger partial charge >= 0.3 is 0 Å². The number of anilines is 4. The lowest BCUT2D eigenvalue weighted by Crippen LogP contribution is -2.19. The van der Waals surface area contributed by atoms with E-state index in [1.54, 1.807) is 62.1 Å². The highest BCUT2D eigenvalue weighted by Gasteiger charge is 2.22. The second-order valence-electron chi connectivity index (χ2n) is 8.54. The summed E-state index contributed by atoms with van der Waals surface area (Å²) < 4.78 is 32.3. The second kappa shape index (κ2) is 10.8. The SMILES string of the molecule is CNC(=O)c1cnc(Nc2ccn(C)n2)cc1Nc1cccc(-c2ncc(S(=O)(=O)C(C)C)cn2)c1OC. The Balaban J connectivity index is 1.72. The molecule has 4 aromatic rings. The number of nitrogens with zero attached hydrogens (tertiary/aromatic N) is 5. The molecule has 0 spiro atoms. The topological polar surface area (TPSA) is 153 Å². The van der Waals surface area contributed by atoms with Crippen molar-refractivity contribution >= 4 is 38.8 Å². The van der Waals surface area contributed by atoms with Crippen LogP contribution in [0.4, 0.5) is 23.0 Å². The van der Waals surface area contributed by atoms with E-state index >= 15 is 0 Å². The summed E-state index contributed by atoms with van der Waals surface area (Å²) in [5.74, 6) is 1.43. The molecule has 0 aliphatic rings. The number of sulfone groups is 1. The molecule has 0 bridgehead atoms. The van der Waals surface area contributed by atoms with Crippen LogP contribution in [-0.4, -0.2) is 58.5 Å². The highest BCUT2D eigenvalue weighted by molar-refractivity contribution is 7.92. The van der Waals surface area contributed by atoms with Gasteiger partial charge in [-0.2, -0.15) is 5.10 Å². The van der Waals surface area contributed by atoms with Crippen molar-refractivity contribution in [2.45, 2.75) is 24.0 Å². The average molecular weight is 537 g/mol. The summed E-state index contributed by atoms with van der Waals surface area (Å²) in [4.78, 5) is 25.5. The van der Waals surface area contributed by atoms with Gasteiger partial charge in [-0.15, -0.1) is 0 Å². The van der Waals surface area contributed by atoms with Gasteiger partial charge in [0.05, 0.1) is 34.9 Å². The molecule has 0 saturated carbocycles. The van der Waals surface area contributed by atoms with Crippen LogP contribution >= 0.6 is 0 Å². The maximum Gasteiger partial charge on any atom is 0.254 e. The van der Waals surface area contributed by atoms with Crippen molar-refractivity contribution in [3.63, 3.8) is 0 Å². The molecule has 4 rings (SSSR count). The number of carbonyl (C=O) groups excluding carboxylic acids is 1. The van der Waals surface area contributed by atoms with Gasteiger partial charge in [-0.25, -0.2) is 23.4 Å². The number of carbonyl (C=O) groups is 1. The Morgan fingerprint density at radius 1 is 1.00 bits per heavy atom. The third kappa shape index (κ3) is 5.42. The molecule has 1 amide bonds. The molecule has 0 fully saturated rings. The Hall–Kier alpha value is -4.52. The minimum absolute atomic E-state index is 0.0458. The zero-order valence-electron chi connectivity index (χ0n) is 21.6. The number of para-hydroxylation sites is 1. The summed E-state index contributed by atoms with van der Waals surface area (Å²) in [5.41, 5.74) is 1.85. The maximum absolute atomic E-state index is 12.6. The quantitative estimate of drug-likeness (QED) is 0.290. The molecule has 0 aliphatic carbocycles. The number of aryl methyl sites for hydroxylation is 1. The zero-order valence-corrected chi connectivity index (χ0v) is 22.4. The molecule has 0 radical (unpaired) electrons. The average Bonchev–Trinajstić information content (AvgIpc) is 3.32. The van der Waals surface area contributed by atoms with Gasteiger partial charge in [-0.3, -0.25) is 9.48 Å². The molecule has 0 atom stereocenters. The van der Waals surface area contributed by atoms with Crippen molar-refractivity contribution in [3.05, 3.63) is 60.7 Å². The summed E-state index contributed by atoms with van der Waals surface area (Å²) in [5, 5.41) is 12.7. The van der Waals surface area contributed by atoms with Crippen molar-refractivity contribution in [2.75, 3.05) is 24.8 Å². The van der Waals surface area contributed by atoms with Crippen LogP contribution in [0.5, 0.6) is 5.75 Å². The maximum atomic E-state index is 12.6. The largest absolute Gasteiger partial charge is 0.494 e. The fourth-order valence-corrected chi connectivity index (χ4v) is 4.55. The van der Waals surface area contributed by atoms with Gasteiger partial charge in [0.25, 0.3) is 5.91 Å². The molecular formula is C25H28N8O4S. The van der Waals surface area contributed by atoms with E-state index < -0.39 is 15.1 Å². The van der Waals surface area contributed by atoms with Crippen molar-refractivity contribution in [1.29, 1.82) is 0 Å². The number of pyridine rings is 1. The Kier molecular flexibility index (Phi) is 7.57. The number of amides is 1. The standard InChI is InChI=1S/C25H28N8O4S/c1-15(2)38(35,36)16-12-28-24(29-13-16)17-7-6-8-19(23(17)37-5)30-20-11-22(27-14-18(20)25(34)26-3)31-21-9-10-33(4)32-21/h6-15H,1-5H3,(H,26,34)(H2,27,30,31,32). The van der Waals surface area contributed by atoms with Crippen LogP contribution in [0, 0.1) is 0 Å². The molecule has 12 nitrogen and oxygen atoms in total. The first-order valence-electron chi connectivity index (χ1n) is 11.6. The van der Waals surface area contributed by atoms with Crippen molar-refractivity contribution in [3.8, 4) is 17.1 Å². The predicted octanol–water partition coefficient (Wildman–Crippen LogP) is 3.31. The number of ether oxygens (including phenoxy) is 1. The van der Waals surface area contributed by atoms with Crippen molar-refractivity contribution in [2.24, 2.45) is 7.05 Å². The normalized spacial score (nSPS) is 11.3. The Labute approximate surface area is 220 Å². The second-order valence-corrected chi connectivity index (χ2v) is 11.0. The smallest absolute Gasteiger partial charge is 0.254 e. The van der Waals surface area contributed by atoms with E-state index in [1.165, 1.54) is 32.7 Å². The third-order valence-corrected chi connectivity index (χ3v) is 7.76. The van der Waals surface area contributed by atoms with Crippen LogP contribution in [0.15, 0.2) is 60.0 Å². The number of methoxy groups -OCH3 is 1. The Bertz CT molecular complexity index is 1570. The monoisotopic (exact) mass is 536 g/mol. The van der Waals surface area contributed by atoms with Crippen LogP contribution < -0.4 is 20.7 Å². The van der Waals surface area contributed by atoms with Gasteiger partial charge in [0.1, 0.15) is 10.7 Å². The molecule has 13 heteroatoms. The summed E-state index contributed by atoms with van der Waals surface area (Å²) in [6, 6.07) is 8.80. The lowest BCUT2D eigenvalue weighted by Gasteiger charge is -2.17. The van der Waals surface area contributed by atoms with Crippen molar-refractivity contribution in [1.82, 2.24) is 30.0 Å². The van der Waals surface area contributed by atoms with Gasteiger partial charge in [0.15, 0.2) is 27.2 Å². The Morgan fingerprint density at radius 2 is 1.74 bits per heavy atom. The zero-order chi connectivity index (χ0) is 27.4. The fraction of sp³-hybridized carbons (Fsp3) is 0.240. The summed E-state index contributed by atoms with van der Waals surface area (Å²) in [6.07, 6.45) is 5.84. The fourth-order valence-electron chi connectivity index (χ4n) is 3.61. The number of hydrogen-bond donors (Lipinski definition) is 3. The molecular weight excluding hydrogens is 508 g/mol. The van der Waals surface area contributed by atoms with E-state index in [9.17, 15) is 13.2 Å². The third-order valence-electron chi connectivity index (χ3n) is 5.65. The molecule has 1 aromatic carbocycles. The summed E-state index contributed by atoms with van der Waals surface area (Å²) in [6.45, 7) is 3.20. The number of hydrogen-bond acceptors (Lipinski definition) is 10. The van der Waals surface area contributed by atoms with E-state index in [4.69, 9.17) is 4.74 Å². The molecule has 3 heterocycles. The van der Waals surface area contributed by atoms with Crippen LogP contribution in [0.25, 0.3) is 11.4 Å². The lowest BCUT2D eigenvalue weighted by molar-refractivity contribution is 0.0963. The van der Waals surface area contributed by atoms with Crippen LogP contribution in [0.1, 0.15) is 24.2 Å². The summed E-state index contributed by atoms with van der Waals surface area (Å²) in [7, 11) is 1.34. The van der Waals surface area contributed by atoms with Crippen LogP contribution in [-0.2, 0) is 16.9 Å². The molecule has 38 heavy (non-hydrogen) atoms. The molecule has 3 aromatic heterocycles. The minimum Gasteiger partial charge on any atom is -0.494 e. The first-order chi connectivity index (χ1) is 18.1. The van der Waals surface area contributed by atoms with Crippen LogP contribution in [0.3, 0.4) is 0 Å². The van der Waals surface area contributed by atoms with E-state index in [1.807, 2.05) is 0 Å². The molecule has 0 unspecified atom stereocenters. The highest BCUT2D eigenvalue weighted by atomic mass is 32.2. The highest BCUT2D eigenvalue weighted by Crippen LogP contribution is 2.37. The number of benzene rings is 1. The van der Waals surface area contributed by atoms with E-state index in [2.05, 4.69) is 36.0 Å². The first-order valence-corrected chi connectivity index (χ1v) is 13.2. The lowest BCUT2D eigenvalue weighted by atomic mass is 10.1. The van der Waals surface area contributed by atoms with E-state index in [0.717, 1.165) is 0 Å². The van der Waals surface area contributed by atoms with Gasteiger partial charge in [0.2, 0.25) is 0 Å². The van der Waals surface area contributed by atoms with Gasteiger partial charge in [-0.05, 0) is 26.0 Å². The van der Waals surface area contributed by atoms with Gasteiger partial charge < -0.3 is 20.7 Å². The molecule has 0 aliphatic heterocycles. The van der Waals surface area contributed by atoms with Crippen molar-refractivity contribution < 1.29 is 17.9 Å². The molecule has 198 valence electrons. The number of nitrogens with one attached hydrogen (secondary N) is 3. The van der Waals surface area contributed by atoms with Crippen LogP contribution in [0.2, 0.25) is 0 Å². The van der Waals surface area contributed by atoms with Gasteiger partial charge in [-0.1, -0.05) is 6.07 Å². The number of rotatable bonds is 9. The Morgan fingerprint density at radius 3 is 2.34 bits per heavy atom. The van der Waals surface area contributed by atoms with E-state index in [0.29, 0.717) is 39.9 Å². The minimum atomic E-state index is -3.51. The summed E-state index contributed by atoms with van der Waals surface area (Å²) >= 11 is 0. The van der Waals surface area contributed by atoms with E-state index in [-0.39, 0.29) is 16.6 Å². The predicted molar refractivity (Wildman–Crippen MR) is 144 cm³/mol. The number of aromatic nitrogens is 5. The molecule has 3 N–H and O–H groups in total. The first kappa shape index (κ1) is 26.5.